The van der Waals surface area contributed by atoms with Gasteiger partial charge in [-0.25, -0.2) is 4.99 Å². The molecule has 0 aromatic heterocycles. The lowest BCUT2D eigenvalue weighted by atomic mass is 9.88. The average Bonchev–Trinajstić information content (AvgIpc) is 2.76. The van der Waals surface area contributed by atoms with Crippen LogP contribution >= 0.6 is 23.4 Å². The zero-order valence-corrected chi connectivity index (χ0v) is 19.3. The highest BCUT2D eigenvalue weighted by atomic mass is 127. The van der Waals surface area contributed by atoms with Crippen molar-refractivity contribution in [1.82, 2.24) is 0 Å². The molecule has 0 bridgehead atoms. The fourth-order valence-electron chi connectivity index (χ4n) is 3.72. The number of fused-ring (bicyclic) bond motifs is 1. The Labute approximate surface area is 187 Å². The topological polar surface area (TPSA) is 38.0 Å². The van der Waals surface area contributed by atoms with Gasteiger partial charge in [-0.05, 0) is 30.0 Å². The number of hydrogen-bond donors (Lipinski definition) is 3. The summed E-state index contributed by atoms with van der Waals surface area (Å²) in [5.41, 5.74) is 5.78. The van der Waals surface area contributed by atoms with Crippen molar-refractivity contribution < 1.29 is 29.0 Å². The van der Waals surface area contributed by atoms with E-state index in [1.54, 1.807) is 11.8 Å². The van der Waals surface area contributed by atoms with E-state index in [1.807, 2.05) is 18.2 Å². The first-order valence-corrected chi connectivity index (χ1v) is 10.4. The maximum Gasteiger partial charge on any atom is 0.240 e. The number of halogens is 2. The lowest BCUT2D eigenvalue weighted by Crippen LogP contribution is -3.00. The number of hydrogen-bond acceptors (Lipinski definition) is 3. The minimum atomic E-state index is -0.0131. The van der Waals surface area contributed by atoms with Crippen molar-refractivity contribution in [1.29, 1.82) is 0 Å². The normalized spacial score (nSPS) is 20.1. The molecule has 2 aliphatic heterocycles. The van der Waals surface area contributed by atoms with Crippen LogP contribution in [0.25, 0.3) is 0 Å². The summed E-state index contributed by atoms with van der Waals surface area (Å²) in [6.45, 7) is 4.48. The minimum Gasteiger partial charge on any atom is -1.00 e. The van der Waals surface area contributed by atoms with Crippen LogP contribution in [0.3, 0.4) is 0 Å². The van der Waals surface area contributed by atoms with Gasteiger partial charge in [-0.3, -0.25) is 0 Å². The SMILES string of the molecule is CSC1=[NH+]C(C)(C)CC2=C1C(c1ccccc1Cl)Nc1ccccc1N2.[I-]. The van der Waals surface area contributed by atoms with Crippen LogP contribution in [0.1, 0.15) is 31.9 Å². The fourth-order valence-corrected chi connectivity index (χ4v) is 4.81. The first-order chi connectivity index (χ1) is 12.5. The third kappa shape index (κ3) is 4.00. The predicted octanol–water partition coefficient (Wildman–Crippen LogP) is 1.20. The molecule has 6 heteroatoms. The molecule has 0 fully saturated rings. The van der Waals surface area contributed by atoms with Gasteiger partial charge in [0, 0.05) is 24.6 Å². The highest BCUT2D eigenvalue weighted by Gasteiger charge is 2.40. The van der Waals surface area contributed by atoms with E-state index in [0.29, 0.717) is 0 Å². The van der Waals surface area contributed by atoms with Crippen molar-refractivity contribution in [3.05, 3.63) is 70.4 Å². The maximum atomic E-state index is 6.60. The maximum absolute atomic E-state index is 6.60. The van der Waals surface area contributed by atoms with E-state index in [1.165, 1.54) is 16.3 Å². The molecule has 2 aromatic rings. The zero-order chi connectivity index (χ0) is 18.3. The Balaban J connectivity index is 0.00000210. The van der Waals surface area contributed by atoms with Crippen LogP contribution in [-0.4, -0.2) is 16.8 Å². The first-order valence-electron chi connectivity index (χ1n) is 8.78. The monoisotopic (exact) mass is 511 g/mol. The van der Waals surface area contributed by atoms with Gasteiger partial charge >= 0.3 is 0 Å². The summed E-state index contributed by atoms with van der Waals surface area (Å²) in [6, 6.07) is 16.4. The van der Waals surface area contributed by atoms with Crippen molar-refractivity contribution in [2.24, 2.45) is 0 Å². The molecule has 0 saturated carbocycles. The lowest BCUT2D eigenvalue weighted by Gasteiger charge is -2.28. The number of para-hydroxylation sites is 2. The number of rotatable bonds is 1. The van der Waals surface area contributed by atoms with Gasteiger partial charge < -0.3 is 34.6 Å². The van der Waals surface area contributed by atoms with Crippen molar-refractivity contribution >= 4 is 39.8 Å². The van der Waals surface area contributed by atoms with Crippen molar-refractivity contribution in [3.63, 3.8) is 0 Å². The molecule has 0 aliphatic carbocycles. The summed E-state index contributed by atoms with van der Waals surface area (Å²) >= 11 is 8.35. The quantitative estimate of drug-likeness (QED) is 0.504. The van der Waals surface area contributed by atoms with Gasteiger partial charge in [0.05, 0.1) is 29.4 Å². The molecule has 0 spiro atoms. The van der Waals surface area contributed by atoms with Crippen LogP contribution in [-0.2, 0) is 0 Å². The van der Waals surface area contributed by atoms with Gasteiger partial charge in [0.1, 0.15) is 0 Å². The van der Waals surface area contributed by atoms with Crippen LogP contribution in [0.2, 0.25) is 5.02 Å². The smallest absolute Gasteiger partial charge is 0.240 e. The van der Waals surface area contributed by atoms with E-state index in [0.717, 1.165) is 28.4 Å². The van der Waals surface area contributed by atoms with Gasteiger partial charge in [0.2, 0.25) is 5.04 Å². The summed E-state index contributed by atoms with van der Waals surface area (Å²) in [7, 11) is 0. The Kier molecular flexibility index (Phi) is 6.13. The molecule has 4 rings (SSSR count). The Morgan fingerprint density at radius 3 is 2.44 bits per heavy atom. The molecule has 2 aliphatic rings. The summed E-state index contributed by atoms with van der Waals surface area (Å²) < 4.78 is 0. The molecule has 2 heterocycles. The van der Waals surface area contributed by atoms with Crippen molar-refractivity contribution in [2.45, 2.75) is 31.8 Å². The van der Waals surface area contributed by atoms with Crippen LogP contribution in [0, 0.1) is 0 Å². The molecular formula is C21H23ClIN3S. The summed E-state index contributed by atoms with van der Waals surface area (Å²) in [6.07, 6.45) is 3.04. The molecular weight excluding hydrogens is 489 g/mol. The molecule has 0 radical (unpaired) electrons. The summed E-state index contributed by atoms with van der Waals surface area (Å²) in [4.78, 5) is 3.71. The van der Waals surface area contributed by atoms with Crippen LogP contribution in [0.5, 0.6) is 0 Å². The van der Waals surface area contributed by atoms with Crippen LogP contribution < -0.4 is 39.6 Å². The molecule has 0 amide bonds. The van der Waals surface area contributed by atoms with E-state index in [2.05, 4.69) is 66.1 Å². The molecule has 0 saturated heterocycles. The van der Waals surface area contributed by atoms with Crippen molar-refractivity contribution in [3.8, 4) is 0 Å². The number of benzene rings is 2. The van der Waals surface area contributed by atoms with Gasteiger partial charge in [0.15, 0.2) is 5.54 Å². The number of anilines is 2. The van der Waals surface area contributed by atoms with Gasteiger partial charge in [-0.15, -0.1) is 0 Å². The van der Waals surface area contributed by atoms with Crippen molar-refractivity contribution in [2.75, 3.05) is 16.9 Å². The van der Waals surface area contributed by atoms with E-state index >= 15 is 0 Å². The number of thioether (sulfide) groups is 1. The fraction of sp³-hybridized carbons (Fsp3) is 0.286. The van der Waals surface area contributed by atoms with Crippen LogP contribution in [0.15, 0.2) is 59.8 Å². The van der Waals surface area contributed by atoms with E-state index in [4.69, 9.17) is 11.6 Å². The molecule has 3 N–H and O–H groups in total. The predicted molar refractivity (Wildman–Crippen MR) is 113 cm³/mol. The molecule has 27 heavy (non-hydrogen) atoms. The number of nitrogens with one attached hydrogen (secondary N) is 3. The Bertz CT molecular complexity index is 923. The standard InChI is InChI=1S/C21H22ClN3S.HI/c1-21(2)12-17-18(20(25-21)26-3)19(13-8-4-5-9-14(13)22)24-16-11-7-6-10-15(16)23-17;/h4-11,19,23-24H,12H2,1-3H3;1H. The zero-order valence-electron chi connectivity index (χ0n) is 15.6. The average molecular weight is 512 g/mol. The second-order valence-electron chi connectivity index (χ2n) is 7.38. The largest absolute Gasteiger partial charge is 1.00 e. The van der Waals surface area contributed by atoms with Gasteiger partial charge in [-0.2, -0.15) is 0 Å². The molecule has 3 nitrogen and oxygen atoms in total. The highest BCUT2D eigenvalue weighted by Crippen LogP contribution is 2.41. The summed E-state index contributed by atoms with van der Waals surface area (Å²) in [5, 5.41) is 9.40. The van der Waals surface area contributed by atoms with E-state index < -0.39 is 0 Å². The summed E-state index contributed by atoms with van der Waals surface area (Å²) in [5.74, 6) is 0. The minimum absolute atomic E-state index is 0. The highest BCUT2D eigenvalue weighted by molar-refractivity contribution is 8.13. The lowest BCUT2D eigenvalue weighted by molar-refractivity contribution is -0.542. The van der Waals surface area contributed by atoms with Gasteiger partial charge in [0.25, 0.3) is 0 Å². The van der Waals surface area contributed by atoms with Gasteiger partial charge in [-0.1, -0.05) is 53.7 Å². The molecule has 142 valence electrons. The second-order valence-corrected chi connectivity index (χ2v) is 8.60. The molecule has 1 unspecified atom stereocenters. The third-order valence-electron chi connectivity index (χ3n) is 4.86. The third-order valence-corrected chi connectivity index (χ3v) is 5.94. The molecule has 2 aromatic carbocycles. The first kappa shape index (κ1) is 20.6. The van der Waals surface area contributed by atoms with E-state index in [9.17, 15) is 0 Å². The van der Waals surface area contributed by atoms with E-state index in [-0.39, 0.29) is 35.6 Å². The Morgan fingerprint density at radius 2 is 1.74 bits per heavy atom. The molecule has 1 atom stereocenters. The Morgan fingerprint density at radius 1 is 1.07 bits per heavy atom. The second kappa shape index (κ2) is 8.05. The Hall–Kier alpha value is -1.18. The van der Waals surface area contributed by atoms with Crippen LogP contribution in [0.4, 0.5) is 11.4 Å².